The minimum Gasteiger partial charge on any atom is -0.477 e. The lowest BCUT2D eigenvalue weighted by atomic mass is 10.2. The van der Waals surface area contributed by atoms with Crippen LogP contribution in [0.2, 0.25) is 0 Å². The van der Waals surface area contributed by atoms with Crippen molar-refractivity contribution in [3.05, 3.63) is 54.5 Å². The third-order valence-electron chi connectivity index (χ3n) is 5.07. The summed E-state index contributed by atoms with van der Waals surface area (Å²) >= 11 is 1.34. The highest BCUT2D eigenvalue weighted by molar-refractivity contribution is 8.01. The van der Waals surface area contributed by atoms with Crippen LogP contribution >= 0.6 is 11.8 Å². The van der Waals surface area contributed by atoms with E-state index in [9.17, 15) is 14.3 Å². The van der Waals surface area contributed by atoms with Gasteiger partial charge in [0, 0.05) is 50.4 Å². The van der Waals surface area contributed by atoms with E-state index in [1.54, 1.807) is 35.4 Å². The van der Waals surface area contributed by atoms with E-state index in [-0.39, 0.29) is 5.82 Å². The molecule has 0 spiro atoms. The summed E-state index contributed by atoms with van der Waals surface area (Å²) in [5.41, 5.74) is 3.83. The highest BCUT2D eigenvalue weighted by atomic mass is 32.2. The number of carboxylic acids is 1. The summed E-state index contributed by atoms with van der Waals surface area (Å²) in [6, 6.07) is 6.58. The number of rotatable bonds is 6. The molecule has 4 rings (SSSR count). The first-order valence-electron chi connectivity index (χ1n) is 9.18. The molecule has 2 N–H and O–H groups in total. The van der Waals surface area contributed by atoms with Gasteiger partial charge < -0.3 is 10.0 Å². The molecule has 0 amide bonds. The average molecular weight is 403 g/mol. The van der Waals surface area contributed by atoms with Crippen LogP contribution in [0.3, 0.4) is 0 Å². The smallest absolute Gasteiger partial charge is 0.363 e. The summed E-state index contributed by atoms with van der Waals surface area (Å²) in [4.78, 5) is 16.9. The number of aliphatic carboxylic acids is 1. The molecule has 1 fully saturated rings. The van der Waals surface area contributed by atoms with Crippen molar-refractivity contribution in [1.29, 1.82) is 0 Å². The topological polar surface area (TPSA) is 71.4 Å². The molecule has 1 atom stereocenters. The number of fused-ring (bicyclic) bond motifs is 1. The van der Waals surface area contributed by atoms with Crippen molar-refractivity contribution in [3.8, 4) is 0 Å². The van der Waals surface area contributed by atoms with Gasteiger partial charge in [0.25, 0.3) is 4.99 Å². The van der Waals surface area contributed by atoms with Crippen molar-refractivity contribution >= 4 is 29.3 Å². The third-order valence-corrected chi connectivity index (χ3v) is 6.34. The summed E-state index contributed by atoms with van der Waals surface area (Å²) < 4.78 is 13.1. The molecule has 28 heavy (non-hydrogen) atoms. The van der Waals surface area contributed by atoms with Gasteiger partial charge in [-0.25, -0.2) is 9.18 Å². The summed E-state index contributed by atoms with van der Waals surface area (Å²) in [6.07, 6.45) is 7.16. The lowest BCUT2D eigenvalue weighted by molar-refractivity contribution is -0.143. The highest BCUT2D eigenvalue weighted by Crippen LogP contribution is 2.33. The number of hydrazone groups is 1. The van der Waals surface area contributed by atoms with E-state index < -0.39 is 11.0 Å². The van der Waals surface area contributed by atoms with Gasteiger partial charge in [-0.15, -0.1) is 0 Å². The third kappa shape index (κ3) is 3.59. The Kier molecular flexibility index (Phi) is 5.27. The molecule has 3 heterocycles. The van der Waals surface area contributed by atoms with Crippen molar-refractivity contribution in [2.75, 3.05) is 43.4 Å². The number of nitrogens with zero attached hydrogens (tertiary/aromatic N) is 4. The zero-order chi connectivity index (χ0) is 19.6. The first-order chi connectivity index (χ1) is 13.6. The van der Waals surface area contributed by atoms with Crippen LogP contribution in [0.15, 0.2) is 53.8 Å². The first-order valence-corrected chi connectivity index (χ1v) is 10.2. The van der Waals surface area contributed by atoms with Crippen LogP contribution in [0.5, 0.6) is 0 Å². The van der Waals surface area contributed by atoms with Crippen molar-refractivity contribution in [1.82, 2.24) is 15.2 Å². The van der Waals surface area contributed by atoms with Crippen LogP contribution in [0.25, 0.3) is 0 Å². The number of halogens is 1. The van der Waals surface area contributed by atoms with E-state index >= 15 is 0 Å². The Hall–Kier alpha value is -2.52. The first kappa shape index (κ1) is 18.8. The van der Waals surface area contributed by atoms with Gasteiger partial charge in [-0.2, -0.15) is 5.10 Å². The molecule has 3 aliphatic rings. The number of carboxylic acid groups (broad SMARTS) is 1. The Morgan fingerprint density at radius 1 is 1.21 bits per heavy atom. The molecule has 3 aliphatic heterocycles. The van der Waals surface area contributed by atoms with Crippen LogP contribution < -0.4 is 10.3 Å². The number of amidine groups is 1. The van der Waals surface area contributed by atoms with Crippen LogP contribution in [-0.4, -0.2) is 70.2 Å². The Bertz CT molecular complexity index is 820. The molecular weight excluding hydrogens is 381 g/mol. The van der Waals surface area contributed by atoms with Crippen LogP contribution in [0.4, 0.5) is 10.1 Å². The van der Waals surface area contributed by atoms with Crippen LogP contribution in [0, 0.1) is 5.82 Å². The van der Waals surface area contributed by atoms with Crippen molar-refractivity contribution in [2.24, 2.45) is 5.10 Å². The van der Waals surface area contributed by atoms with E-state index in [4.69, 9.17) is 0 Å². The molecule has 1 aromatic rings. The molecule has 7 nitrogen and oxygen atoms in total. The van der Waals surface area contributed by atoms with Gasteiger partial charge >= 0.3 is 5.97 Å². The number of anilines is 1. The second kappa shape index (κ2) is 7.84. The van der Waals surface area contributed by atoms with E-state index in [1.165, 1.54) is 23.9 Å². The molecule has 0 aliphatic carbocycles. The second-order valence-electron chi connectivity index (χ2n) is 6.76. The summed E-state index contributed by atoms with van der Waals surface area (Å²) in [7, 11) is 0. The van der Waals surface area contributed by atoms with Gasteiger partial charge in [0.2, 0.25) is 0 Å². The SMILES string of the molecule is O=C(O)C1(SCCN2CCN(c3ccc(F)cc3)CC2)NN=C2C=CC=CN21. The quantitative estimate of drug-likeness (QED) is 0.749. The van der Waals surface area contributed by atoms with Crippen LogP contribution in [-0.2, 0) is 4.79 Å². The highest BCUT2D eigenvalue weighted by Gasteiger charge is 2.49. The monoisotopic (exact) mass is 403 g/mol. The Morgan fingerprint density at radius 3 is 2.68 bits per heavy atom. The number of benzene rings is 1. The number of nitrogens with one attached hydrogen (secondary N) is 1. The normalized spacial score (nSPS) is 24.1. The van der Waals surface area contributed by atoms with Gasteiger partial charge in [0.15, 0.2) is 5.84 Å². The van der Waals surface area contributed by atoms with E-state index in [0.717, 1.165) is 38.4 Å². The minimum absolute atomic E-state index is 0.224. The molecular formula is C19H22FN5O2S. The second-order valence-corrected chi connectivity index (χ2v) is 8.04. The average Bonchev–Trinajstić information content (AvgIpc) is 3.09. The van der Waals surface area contributed by atoms with Gasteiger partial charge in [-0.1, -0.05) is 17.8 Å². The maximum absolute atomic E-state index is 13.1. The minimum atomic E-state index is -1.30. The molecule has 1 saturated heterocycles. The maximum atomic E-state index is 13.1. The fourth-order valence-electron chi connectivity index (χ4n) is 3.50. The van der Waals surface area contributed by atoms with Crippen molar-refractivity contribution in [3.63, 3.8) is 0 Å². The predicted molar refractivity (Wildman–Crippen MR) is 109 cm³/mol. The zero-order valence-electron chi connectivity index (χ0n) is 15.3. The maximum Gasteiger partial charge on any atom is 0.363 e. The lowest BCUT2D eigenvalue weighted by Gasteiger charge is -2.37. The number of carbonyl (C=O) groups is 1. The predicted octanol–water partition coefficient (Wildman–Crippen LogP) is 1.72. The molecule has 1 unspecified atom stereocenters. The summed E-state index contributed by atoms with van der Waals surface area (Å²) in [5.74, 6) is 0.0771. The molecule has 0 bridgehead atoms. The largest absolute Gasteiger partial charge is 0.477 e. The Balaban J connectivity index is 1.28. The lowest BCUT2D eigenvalue weighted by Crippen LogP contribution is -2.56. The van der Waals surface area contributed by atoms with E-state index in [1.807, 2.05) is 6.08 Å². The summed E-state index contributed by atoms with van der Waals surface area (Å²) in [6.45, 7) is 4.30. The van der Waals surface area contributed by atoms with Gasteiger partial charge in [0.05, 0.1) is 0 Å². The van der Waals surface area contributed by atoms with Crippen molar-refractivity contribution in [2.45, 2.75) is 4.99 Å². The Labute approximate surface area is 167 Å². The number of hydrogen-bond acceptors (Lipinski definition) is 7. The number of thioether (sulfide) groups is 1. The summed E-state index contributed by atoms with van der Waals surface area (Å²) in [5, 5.41) is 14.0. The van der Waals surface area contributed by atoms with Gasteiger partial charge in [-0.3, -0.25) is 15.2 Å². The fraction of sp³-hybridized carbons (Fsp3) is 0.368. The number of piperazine rings is 1. The molecule has 0 saturated carbocycles. The Morgan fingerprint density at radius 2 is 1.96 bits per heavy atom. The van der Waals surface area contributed by atoms with Gasteiger partial charge in [0.1, 0.15) is 5.82 Å². The molecule has 0 radical (unpaired) electrons. The molecule has 9 heteroatoms. The molecule has 148 valence electrons. The van der Waals surface area contributed by atoms with E-state index in [2.05, 4.69) is 20.3 Å². The van der Waals surface area contributed by atoms with Crippen LogP contribution in [0.1, 0.15) is 0 Å². The van der Waals surface area contributed by atoms with E-state index in [0.29, 0.717) is 11.6 Å². The number of hydrogen-bond donors (Lipinski definition) is 2. The molecule has 0 aromatic heterocycles. The van der Waals surface area contributed by atoms with Gasteiger partial charge in [-0.05, 0) is 36.4 Å². The standard InChI is InChI=1S/C19H22FN5O2S/c20-15-4-6-16(7-5-15)24-11-9-23(10-12-24)13-14-28-19(18(26)27)22-21-17-3-1-2-8-25(17)19/h1-8,22H,9-14H2,(H,26,27). The molecule has 1 aromatic carbocycles. The fourth-order valence-corrected chi connectivity index (χ4v) is 4.67. The number of allylic oxidation sites excluding steroid dienone is 2. The van der Waals surface area contributed by atoms with Crippen molar-refractivity contribution < 1.29 is 14.3 Å². The zero-order valence-corrected chi connectivity index (χ0v) is 16.1.